The molecular weight excluding hydrogens is 382 g/mol. The minimum absolute atomic E-state index is 0.0286. The van der Waals surface area contributed by atoms with E-state index in [4.69, 9.17) is 26.5 Å². The maximum Gasteiger partial charge on any atom is 0.411 e. The lowest BCUT2D eigenvalue weighted by Gasteiger charge is -2.29. The Bertz CT molecular complexity index is 922. The van der Waals surface area contributed by atoms with Gasteiger partial charge in [0, 0.05) is 23.8 Å². The summed E-state index contributed by atoms with van der Waals surface area (Å²) in [5.41, 5.74) is 6.18. The summed E-state index contributed by atoms with van der Waals surface area (Å²) >= 11 is 6.49. The van der Waals surface area contributed by atoms with E-state index in [0.29, 0.717) is 17.7 Å². The van der Waals surface area contributed by atoms with Gasteiger partial charge in [0.2, 0.25) is 0 Å². The van der Waals surface area contributed by atoms with E-state index in [1.54, 1.807) is 24.5 Å². The molecule has 150 valence electrons. The molecule has 2 heterocycles. The van der Waals surface area contributed by atoms with Crippen molar-refractivity contribution in [2.24, 2.45) is 23.5 Å². The van der Waals surface area contributed by atoms with E-state index in [-0.39, 0.29) is 23.7 Å². The van der Waals surface area contributed by atoms with Gasteiger partial charge < -0.3 is 20.2 Å². The SMILES string of the molecule is CC(C)(C)OC(=O)N1CC2C(C(N)NC(=O)c3cccc4ccoc34)C2C1Cl. The maximum atomic E-state index is 12.7. The summed E-state index contributed by atoms with van der Waals surface area (Å²) in [6.07, 6.45) is 0.589. The molecule has 28 heavy (non-hydrogen) atoms. The third-order valence-electron chi connectivity index (χ3n) is 5.38. The first-order chi connectivity index (χ1) is 13.2. The Morgan fingerprint density at radius 2 is 2.11 bits per heavy atom. The van der Waals surface area contributed by atoms with E-state index >= 15 is 0 Å². The number of fused-ring (bicyclic) bond motifs is 2. The predicted molar refractivity (Wildman–Crippen MR) is 105 cm³/mol. The fraction of sp³-hybridized carbons (Fsp3) is 0.500. The molecule has 5 unspecified atom stereocenters. The van der Waals surface area contributed by atoms with Crippen molar-refractivity contribution in [3.63, 3.8) is 0 Å². The number of para-hydroxylation sites is 1. The third-order valence-corrected chi connectivity index (χ3v) is 5.91. The van der Waals surface area contributed by atoms with Gasteiger partial charge in [0.15, 0.2) is 0 Å². The molecular formula is C20H24ClN3O4. The van der Waals surface area contributed by atoms with Crippen molar-refractivity contribution in [1.82, 2.24) is 10.2 Å². The molecule has 2 amide bonds. The van der Waals surface area contributed by atoms with Crippen LogP contribution in [-0.4, -0.2) is 40.7 Å². The van der Waals surface area contributed by atoms with E-state index in [1.165, 1.54) is 4.90 Å². The number of halogens is 1. The number of rotatable bonds is 3. The lowest BCUT2D eigenvalue weighted by molar-refractivity contribution is 0.0234. The molecule has 4 rings (SSSR count). The number of nitrogens with one attached hydrogen (secondary N) is 1. The van der Waals surface area contributed by atoms with Crippen molar-refractivity contribution >= 4 is 34.6 Å². The highest BCUT2D eigenvalue weighted by Gasteiger charge is 2.64. The highest BCUT2D eigenvalue weighted by atomic mass is 35.5. The normalized spacial score (nSPS) is 27.4. The monoisotopic (exact) mass is 405 g/mol. The molecule has 2 fully saturated rings. The number of ether oxygens (including phenoxy) is 1. The molecule has 8 heteroatoms. The van der Waals surface area contributed by atoms with Crippen LogP contribution >= 0.6 is 11.6 Å². The molecule has 0 spiro atoms. The Morgan fingerprint density at radius 3 is 2.75 bits per heavy atom. The molecule has 1 saturated heterocycles. The van der Waals surface area contributed by atoms with Gasteiger partial charge in [-0.25, -0.2) is 4.79 Å². The Hall–Kier alpha value is -2.25. The van der Waals surface area contributed by atoms with Crippen LogP contribution in [0.3, 0.4) is 0 Å². The van der Waals surface area contributed by atoms with Crippen LogP contribution in [0, 0.1) is 17.8 Å². The number of furan rings is 1. The number of hydrogen-bond acceptors (Lipinski definition) is 5. The number of piperidine rings is 1. The van der Waals surface area contributed by atoms with E-state index in [9.17, 15) is 9.59 Å². The molecule has 7 nitrogen and oxygen atoms in total. The number of alkyl halides is 1. The van der Waals surface area contributed by atoms with Crippen LogP contribution in [-0.2, 0) is 4.74 Å². The summed E-state index contributed by atoms with van der Waals surface area (Å²) in [4.78, 5) is 26.5. The molecule has 3 N–H and O–H groups in total. The smallest absolute Gasteiger partial charge is 0.411 e. The first-order valence-electron chi connectivity index (χ1n) is 9.34. The topological polar surface area (TPSA) is 97.8 Å². The average Bonchev–Trinajstić information content (AvgIpc) is 2.93. The summed E-state index contributed by atoms with van der Waals surface area (Å²) in [6.45, 7) is 5.94. The fourth-order valence-electron chi connectivity index (χ4n) is 4.09. The van der Waals surface area contributed by atoms with Crippen molar-refractivity contribution < 1.29 is 18.7 Å². The van der Waals surface area contributed by atoms with Crippen LogP contribution in [0.2, 0.25) is 0 Å². The van der Waals surface area contributed by atoms with Gasteiger partial charge in [-0.15, -0.1) is 0 Å². The molecule has 2 aliphatic rings. The molecule has 1 aromatic heterocycles. The number of carbonyl (C=O) groups excluding carboxylic acids is 2. The van der Waals surface area contributed by atoms with E-state index < -0.39 is 23.4 Å². The zero-order valence-corrected chi connectivity index (χ0v) is 16.8. The predicted octanol–water partition coefficient (Wildman–Crippen LogP) is 3.13. The lowest BCUT2D eigenvalue weighted by Crippen LogP contribution is -2.47. The van der Waals surface area contributed by atoms with Crippen LogP contribution in [0.25, 0.3) is 11.0 Å². The van der Waals surface area contributed by atoms with Crippen LogP contribution in [0.15, 0.2) is 34.9 Å². The molecule has 1 aliphatic heterocycles. The second kappa shape index (κ2) is 6.67. The van der Waals surface area contributed by atoms with Gasteiger partial charge in [-0.05, 0) is 38.8 Å². The van der Waals surface area contributed by atoms with Crippen molar-refractivity contribution in [2.75, 3.05) is 6.54 Å². The number of nitrogens with zero attached hydrogens (tertiary/aromatic N) is 1. The van der Waals surface area contributed by atoms with Crippen molar-refractivity contribution in [3.05, 3.63) is 36.1 Å². The van der Waals surface area contributed by atoms with Gasteiger partial charge in [-0.3, -0.25) is 9.69 Å². The van der Waals surface area contributed by atoms with Gasteiger partial charge >= 0.3 is 6.09 Å². The third kappa shape index (κ3) is 3.33. The number of hydrogen-bond donors (Lipinski definition) is 2. The van der Waals surface area contributed by atoms with Gasteiger partial charge in [0.25, 0.3) is 5.91 Å². The fourth-order valence-corrected chi connectivity index (χ4v) is 4.61. The summed E-state index contributed by atoms with van der Waals surface area (Å²) in [6, 6.07) is 7.19. The Labute approximate surface area is 168 Å². The number of amides is 2. The average molecular weight is 406 g/mol. The highest BCUT2D eigenvalue weighted by molar-refractivity contribution is 6.21. The molecule has 0 radical (unpaired) electrons. The van der Waals surface area contributed by atoms with Crippen LogP contribution in [0.5, 0.6) is 0 Å². The zero-order chi connectivity index (χ0) is 20.2. The molecule has 0 bridgehead atoms. The van der Waals surface area contributed by atoms with Gasteiger partial charge in [0.1, 0.15) is 16.7 Å². The molecule has 5 atom stereocenters. The standard InChI is InChI=1S/C20H24ClN3O4/c1-20(2,3)28-19(26)24-9-12-13(16(24)21)14(12)17(22)23-18(25)11-6-4-5-10-7-8-27-15(10)11/h4-8,12-14,16-17H,9,22H2,1-3H3,(H,23,25). The maximum absolute atomic E-state index is 12.7. The summed E-state index contributed by atoms with van der Waals surface area (Å²) in [7, 11) is 0. The van der Waals surface area contributed by atoms with Crippen LogP contribution < -0.4 is 11.1 Å². The summed E-state index contributed by atoms with van der Waals surface area (Å²) in [5, 5.41) is 3.72. The van der Waals surface area contributed by atoms with E-state index in [2.05, 4.69) is 5.32 Å². The molecule has 1 aromatic carbocycles. The number of carbonyl (C=O) groups is 2. The molecule has 2 aromatic rings. The van der Waals surface area contributed by atoms with Gasteiger partial charge in [0.05, 0.1) is 18.0 Å². The second-order valence-electron chi connectivity index (χ2n) is 8.47. The number of nitrogens with two attached hydrogens (primary N) is 1. The molecule has 1 aliphatic carbocycles. The quantitative estimate of drug-likeness (QED) is 0.464. The van der Waals surface area contributed by atoms with Crippen molar-refractivity contribution in [1.29, 1.82) is 0 Å². The van der Waals surface area contributed by atoms with E-state index in [1.807, 2.05) is 26.8 Å². The molecule has 1 saturated carbocycles. The van der Waals surface area contributed by atoms with Crippen molar-refractivity contribution in [3.8, 4) is 0 Å². The summed E-state index contributed by atoms with van der Waals surface area (Å²) < 4.78 is 10.8. The number of benzene rings is 1. The Morgan fingerprint density at radius 1 is 1.36 bits per heavy atom. The minimum Gasteiger partial charge on any atom is -0.464 e. The van der Waals surface area contributed by atoms with Crippen molar-refractivity contribution in [2.45, 2.75) is 38.0 Å². The zero-order valence-electron chi connectivity index (χ0n) is 16.0. The summed E-state index contributed by atoms with van der Waals surface area (Å²) in [5.74, 6) is -0.0531. The lowest BCUT2D eigenvalue weighted by atomic mass is 10.1. The Balaban J connectivity index is 1.38. The van der Waals surface area contributed by atoms with Gasteiger partial charge in [-0.1, -0.05) is 23.7 Å². The van der Waals surface area contributed by atoms with Crippen LogP contribution in [0.4, 0.5) is 4.79 Å². The largest absolute Gasteiger partial charge is 0.464 e. The Kier molecular flexibility index (Phi) is 4.55. The minimum atomic E-state index is -0.572. The first-order valence-corrected chi connectivity index (χ1v) is 9.77. The van der Waals surface area contributed by atoms with E-state index in [0.717, 1.165) is 5.39 Å². The van der Waals surface area contributed by atoms with Gasteiger partial charge in [-0.2, -0.15) is 0 Å². The first kappa shape index (κ1) is 19.1. The second-order valence-corrected chi connectivity index (χ2v) is 8.91. The highest BCUT2D eigenvalue weighted by Crippen LogP contribution is 2.57. The van der Waals surface area contributed by atoms with Crippen LogP contribution in [0.1, 0.15) is 31.1 Å². The number of likely N-dealkylation sites (tertiary alicyclic amines) is 1.